The fourth-order valence-electron chi connectivity index (χ4n) is 2.00. The van der Waals surface area contributed by atoms with E-state index in [2.05, 4.69) is 20.1 Å². The second-order valence-electron chi connectivity index (χ2n) is 4.61. The Bertz CT molecular complexity index is 767. The fourth-order valence-corrected chi connectivity index (χ4v) is 2.00. The Labute approximate surface area is 115 Å². The van der Waals surface area contributed by atoms with Gasteiger partial charge in [-0.25, -0.2) is 15.0 Å². The Hall–Kier alpha value is -2.50. The molecule has 0 saturated carbocycles. The summed E-state index contributed by atoms with van der Waals surface area (Å²) in [5.74, 6) is 1.33. The predicted octanol–water partition coefficient (Wildman–Crippen LogP) is 2.52. The maximum Gasteiger partial charge on any atom is 0.261 e. The van der Waals surface area contributed by atoms with Crippen LogP contribution in [0.3, 0.4) is 0 Å². The van der Waals surface area contributed by atoms with Crippen molar-refractivity contribution in [2.24, 2.45) is 0 Å². The molecule has 0 unspecified atom stereocenters. The lowest BCUT2D eigenvalue weighted by molar-refractivity contribution is 0.298. The molecule has 0 atom stereocenters. The van der Waals surface area contributed by atoms with Crippen LogP contribution < -0.4 is 4.74 Å². The number of fused-ring (bicyclic) bond motifs is 1. The average Bonchev–Trinajstić information content (AvgIpc) is 2.77. The molecule has 6 heteroatoms. The van der Waals surface area contributed by atoms with Gasteiger partial charge in [0.2, 0.25) is 0 Å². The van der Waals surface area contributed by atoms with Crippen LogP contribution in [0.4, 0.5) is 0 Å². The highest BCUT2D eigenvalue weighted by molar-refractivity contribution is 5.83. The number of aryl methyl sites for hydroxylation is 3. The summed E-state index contributed by atoms with van der Waals surface area (Å²) < 4.78 is 11.0. The molecule has 0 aliphatic heterocycles. The van der Waals surface area contributed by atoms with Crippen LogP contribution in [-0.4, -0.2) is 20.1 Å². The number of hydrogen-bond acceptors (Lipinski definition) is 6. The quantitative estimate of drug-likeness (QED) is 0.728. The zero-order valence-corrected chi connectivity index (χ0v) is 11.5. The molecule has 0 aliphatic carbocycles. The topological polar surface area (TPSA) is 73.9 Å². The molecule has 3 aromatic heterocycles. The first kappa shape index (κ1) is 12.5. The van der Waals surface area contributed by atoms with Crippen molar-refractivity contribution in [3.63, 3.8) is 0 Å². The summed E-state index contributed by atoms with van der Waals surface area (Å²) in [6.07, 6.45) is 1.72. The van der Waals surface area contributed by atoms with Gasteiger partial charge in [-0.15, -0.1) is 0 Å². The lowest BCUT2D eigenvalue weighted by atomic mass is 10.2. The first-order valence-electron chi connectivity index (χ1n) is 6.28. The molecular formula is C14H14N4O2. The Morgan fingerprint density at radius 1 is 1.15 bits per heavy atom. The van der Waals surface area contributed by atoms with Gasteiger partial charge in [-0.05, 0) is 26.8 Å². The molecule has 3 aromatic rings. The third-order valence-electron chi connectivity index (χ3n) is 2.91. The molecule has 102 valence electrons. The Kier molecular flexibility index (Phi) is 3.06. The van der Waals surface area contributed by atoms with Gasteiger partial charge in [-0.3, -0.25) is 0 Å². The van der Waals surface area contributed by atoms with Crippen LogP contribution in [0.15, 0.2) is 22.9 Å². The predicted molar refractivity (Wildman–Crippen MR) is 72.4 cm³/mol. The van der Waals surface area contributed by atoms with Gasteiger partial charge < -0.3 is 9.26 Å². The van der Waals surface area contributed by atoms with Crippen LogP contribution in [0.2, 0.25) is 0 Å². The van der Waals surface area contributed by atoms with Gasteiger partial charge in [0.25, 0.3) is 5.71 Å². The van der Waals surface area contributed by atoms with Crippen molar-refractivity contribution >= 4 is 11.1 Å². The molecular weight excluding hydrogens is 256 g/mol. The molecule has 0 N–H and O–H groups in total. The summed E-state index contributed by atoms with van der Waals surface area (Å²) in [6.45, 7) is 5.96. The molecule has 20 heavy (non-hydrogen) atoms. The van der Waals surface area contributed by atoms with E-state index < -0.39 is 0 Å². The summed E-state index contributed by atoms with van der Waals surface area (Å²) in [7, 11) is 0. The first-order chi connectivity index (χ1) is 9.63. The van der Waals surface area contributed by atoms with Gasteiger partial charge >= 0.3 is 0 Å². The van der Waals surface area contributed by atoms with E-state index in [1.165, 1.54) is 0 Å². The van der Waals surface area contributed by atoms with Crippen molar-refractivity contribution in [1.29, 1.82) is 0 Å². The van der Waals surface area contributed by atoms with Crippen molar-refractivity contribution in [2.75, 3.05) is 0 Å². The highest BCUT2D eigenvalue weighted by Gasteiger charge is 2.13. The lowest BCUT2D eigenvalue weighted by Crippen LogP contribution is -2.03. The van der Waals surface area contributed by atoms with E-state index in [9.17, 15) is 0 Å². The van der Waals surface area contributed by atoms with Gasteiger partial charge in [0.1, 0.15) is 17.7 Å². The third kappa shape index (κ3) is 2.32. The first-order valence-corrected chi connectivity index (χ1v) is 6.28. The van der Waals surface area contributed by atoms with Crippen LogP contribution in [0, 0.1) is 20.8 Å². The molecule has 0 amide bonds. The third-order valence-corrected chi connectivity index (χ3v) is 2.91. The van der Waals surface area contributed by atoms with E-state index in [1.54, 1.807) is 6.20 Å². The molecule has 0 aromatic carbocycles. The van der Waals surface area contributed by atoms with E-state index >= 15 is 0 Å². The molecule has 3 rings (SSSR count). The smallest absolute Gasteiger partial charge is 0.261 e. The van der Waals surface area contributed by atoms with E-state index in [1.807, 2.05) is 32.9 Å². The molecule has 6 nitrogen and oxygen atoms in total. The Balaban J connectivity index is 1.92. The summed E-state index contributed by atoms with van der Waals surface area (Å²) in [5.41, 5.74) is 2.97. The van der Waals surface area contributed by atoms with Crippen molar-refractivity contribution in [2.45, 2.75) is 27.4 Å². The minimum absolute atomic E-state index is 0.296. The molecule has 0 fully saturated rings. The van der Waals surface area contributed by atoms with Gasteiger partial charge in [0.15, 0.2) is 5.82 Å². The SMILES string of the molecule is Cc1ccnc(COc2cc(C)nc3onc(C)c23)n1. The van der Waals surface area contributed by atoms with Crippen LogP contribution in [-0.2, 0) is 6.61 Å². The van der Waals surface area contributed by atoms with Crippen LogP contribution in [0.1, 0.15) is 22.9 Å². The molecule has 0 saturated heterocycles. The number of rotatable bonds is 3. The number of hydrogen-bond donors (Lipinski definition) is 0. The normalized spacial score (nSPS) is 10.9. The van der Waals surface area contributed by atoms with Gasteiger partial charge in [0.05, 0.1) is 5.69 Å². The second-order valence-corrected chi connectivity index (χ2v) is 4.61. The van der Waals surface area contributed by atoms with Crippen molar-refractivity contribution in [1.82, 2.24) is 20.1 Å². The molecule has 0 radical (unpaired) electrons. The summed E-state index contributed by atoms with van der Waals surface area (Å²) in [6, 6.07) is 3.71. The maximum absolute atomic E-state index is 5.82. The zero-order valence-electron chi connectivity index (χ0n) is 11.5. The standard InChI is InChI=1S/C14H14N4O2/c1-8-4-5-15-12(16-8)7-19-11-6-9(2)17-14-13(11)10(3)18-20-14/h4-6H,7H2,1-3H3. The summed E-state index contributed by atoms with van der Waals surface area (Å²) >= 11 is 0. The Morgan fingerprint density at radius 3 is 2.80 bits per heavy atom. The maximum atomic E-state index is 5.82. The van der Waals surface area contributed by atoms with E-state index in [0.29, 0.717) is 23.9 Å². The summed E-state index contributed by atoms with van der Waals surface area (Å²) in [5, 5.41) is 4.71. The number of aromatic nitrogens is 4. The molecule has 0 spiro atoms. The van der Waals surface area contributed by atoms with Crippen LogP contribution in [0.5, 0.6) is 5.75 Å². The van der Waals surface area contributed by atoms with Crippen molar-refractivity contribution < 1.29 is 9.26 Å². The van der Waals surface area contributed by atoms with Crippen molar-refractivity contribution in [3.8, 4) is 5.75 Å². The zero-order chi connectivity index (χ0) is 14.1. The number of ether oxygens (including phenoxy) is 1. The lowest BCUT2D eigenvalue weighted by Gasteiger charge is -2.07. The highest BCUT2D eigenvalue weighted by Crippen LogP contribution is 2.28. The number of pyridine rings is 1. The van der Waals surface area contributed by atoms with Crippen molar-refractivity contribution in [3.05, 3.63) is 41.2 Å². The number of nitrogens with zero attached hydrogens (tertiary/aromatic N) is 4. The highest BCUT2D eigenvalue weighted by atomic mass is 16.5. The van der Waals surface area contributed by atoms with Gasteiger partial charge in [-0.1, -0.05) is 5.16 Å². The average molecular weight is 270 g/mol. The van der Waals surface area contributed by atoms with E-state index in [4.69, 9.17) is 9.26 Å². The van der Waals surface area contributed by atoms with Gasteiger partial charge in [0, 0.05) is 23.7 Å². The fraction of sp³-hybridized carbons (Fsp3) is 0.286. The summed E-state index contributed by atoms with van der Waals surface area (Å²) in [4.78, 5) is 12.8. The largest absolute Gasteiger partial charge is 0.485 e. The molecule has 3 heterocycles. The van der Waals surface area contributed by atoms with Crippen LogP contribution >= 0.6 is 0 Å². The minimum Gasteiger partial charge on any atom is -0.485 e. The second kappa shape index (κ2) is 4.88. The molecule has 0 aliphatic rings. The van der Waals surface area contributed by atoms with E-state index in [-0.39, 0.29) is 0 Å². The molecule has 0 bridgehead atoms. The minimum atomic E-state index is 0.296. The van der Waals surface area contributed by atoms with Gasteiger partial charge in [-0.2, -0.15) is 0 Å². The monoisotopic (exact) mass is 270 g/mol. The van der Waals surface area contributed by atoms with E-state index in [0.717, 1.165) is 22.5 Å². The Morgan fingerprint density at radius 2 is 2.00 bits per heavy atom. The van der Waals surface area contributed by atoms with Crippen LogP contribution in [0.25, 0.3) is 11.1 Å².